The molecule has 3 atom stereocenters. The number of nitrogens with one attached hydrogen (secondary N) is 1. The van der Waals surface area contributed by atoms with E-state index in [4.69, 9.17) is 4.42 Å². The van der Waals surface area contributed by atoms with Crippen molar-refractivity contribution in [3.05, 3.63) is 35.8 Å². The number of furan rings is 1. The number of benzene rings is 1. The van der Waals surface area contributed by atoms with Crippen molar-refractivity contribution < 1.29 is 18.4 Å². The van der Waals surface area contributed by atoms with Crippen LogP contribution in [0.2, 0.25) is 0 Å². The molecule has 0 radical (unpaired) electrons. The highest BCUT2D eigenvalue weighted by Crippen LogP contribution is 2.49. The standard InChI is InChI=1S/C22H25FN2O3/c1-22(7-8-22)6-4-19(26)25-12-13-10-16(17(25)11-13)24-21(27)20-14-5-9-28-18(14)3-2-15(20)23/h2-3,5,9,13,16-17H,4,6-8,10-12H2,1H3,(H,24,27). The van der Waals surface area contributed by atoms with Gasteiger partial charge >= 0.3 is 0 Å². The Labute approximate surface area is 163 Å². The molecule has 3 aliphatic rings. The Morgan fingerprint density at radius 3 is 2.86 bits per heavy atom. The molecular formula is C22H25FN2O3. The van der Waals surface area contributed by atoms with Gasteiger partial charge in [-0.2, -0.15) is 0 Å². The summed E-state index contributed by atoms with van der Waals surface area (Å²) >= 11 is 0. The normalized spacial score (nSPS) is 27.4. The van der Waals surface area contributed by atoms with E-state index in [1.165, 1.54) is 31.2 Å². The Hall–Kier alpha value is -2.37. The number of likely N-dealkylation sites (tertiary alicyclic amines) is 1. The van der Waals surface area contributed by atoms with Gasteiger partial charge in [-0.25, -0.2) is 4.39 Å². The van der Waals surface area contributed by atoms with Crippen LogP contribution in [-0.4, -0.2) is 35.3 Å². The molecule has 3 fully saturated rings. The molecule has 0 spiro atoms. The van der Waals surface area contributed by atoms with Crippen LogP contribution in [0.1, 0.15) is 55.8 Å². The maximum Gasteiger partial charge on any atom is 0.255 e. The smallest absolute Gasteiger partial charge is 0.255 e. The van der Waals surface area contributed by atoms with Crippen LogP contribution in [0.5, 0.6) is 0 Å². The monoisotopic (exact) mass is 384 g/mol. The third-order valence-electron chi connectivity index (χ3n) is 6.98. The molecule has 1 aromatic heterocycles. The summed E-state index contributed by atoms with van der Waals surface area (Å²) in [5.74, 6) is -0.367. The van der Waals surface area contributed by atoms with Gasteiger partial charge in [0.1, 0.15) is 11.4 Å². The van der Waals surface area contributed by atoms with E-state index in [0.717, 1.165) is 25.8 Å². The van der Waals surface area contributed by atoms with Gasteiger partial charge in [0.25, 0.3) is 5.91 Å². The van der Waals surface area contributed by atoms with E-state index < -0.39 is 11.7 Å². The molecule has 28 heavy (non-hydrogen) atoms. The van der Waals surface area contributed by atoms with Crippen molar-refractivity contribution in [2.45, 2.75) is 57.5 Å². The molecule has 6 heteroatoms. The summed E-state index contributed by atoms with van der Waals surface area (Å²) in [7, 11) is 0. The zero-order chi connectivity index (χ0) is 19.5. The number of carbonyl (C=O) groups is 2. The Bertz CT molecular complexity index is 948. The molecule has 5 rings (SSSR count). The lowest BCUT2D eigenvalue weighted by Crippen LogP contribution is -2.52. The second kappa shape index (κ2) is 6.33. The lowest BCUT2D eigenvalue weighted by molar-refractivity contribution is -0.133. The summed E-state index contributed by atoms with van der Waals surface area (Å²) in [6, 6.07) is 4.31. The number of nitrogens with zero attached hydrogens (tertiary/aromatic N) is 1. The molecule has 1 N–H and O–H groups in total. The van der Waals surface area contributed by atoms with Gasteiger partial charge in [-0.3, -0.25) is 9.59 Å². The number of piperidine rings is 1. The van der Waals surface area contributed by atoms with Gasteiger partial charge in [-0.15, -0.1) is 0 Å². The van der Waals surface area contributed by atoms with Gasteiger partial charge in [0.2, 0.25) is 5.91 Å². The highest BCUT2D eigenvalue weighted by atomic mass is 19.1. The number of rotatable bonds is 5. The first-order valence-electron chi connectivity index (χ1n) is 10.2. The maximum absolute atomic E-state index is 14.4. The Morgan fingerprint density at radius 2 is 2.11 bits per heavy atom. The van der Waals surface area contributed by atoms with Crippen LogP contribution >= 0.6 is 0 Å². The minimum Gasteiger partial charge on any atom is -0.464 e. The van der Waals surface area contributed by atoms with Crippen LogP contribution in [0.25, 0.3) is 11.0 Å². The molecular weight excluding hydrogens is 359 g/mol. The summed E-state index contributed by atoms with van der Waals surface area (Å²) in [6.45, 7) is 3.03. The van der Waals surface area contributed by atoms with Crippen LogP contribution in [0.3, 0.4) is 0 Å². The first kappa shape index (κ1) is 17.7. The Kier molecular flexibility index (Phi) is 4.00. The number of hydrogen-bond donors (Lipinski definition) is 1. The molecule has 2 bridgehead atoms. The summed E-state index contributed by atoms with van der Waals surface area (Å²) in [6.07, 6.45) is 7.20. The van der Waals surface area contributed by atoms with E-state index in [0.29, 0.717) is 28.7 Å². The minimum atomic E-state index is -0.555. The molecule has 1 aliphatic heterocycles. The van der Waals surface area contributed by atoms with Crippen molar-refractivity contribution in [3.63, 3.8) is 0 Å². The van der Waals surface area contributed by atoms with Gasteiger partial charge in [0, 0.05) is 24.4 Å². The molecule has 2 aliphatic carbocycles. The average molecular weight is 384 g/mol. The van der Waals surface area contributed by atoms with E-state index in [-0.39, 0.29) is 23.6 Å². The molecule has 1 saturated heterocycles. The van der Waals surface area contributed by atoms with Crippen LogP contribution < -0.4 is 5.32 Å². The molecule has 2 aromatic rings. The summed E-state index contributed by atoms with van der Waals surface area (Å²) in [4.78, 5) is 27.6. The topological polar surface area (TPSA) is 62.6 Å². The highest BCUT2D eigenvalue weighted by Gasteiger charge is 2.48. The number of amides is 2. The SMILES string of the molecule is CC1(CCC(=O)N2CC3CC(NC(=O)c4c(F)ccc5occc45)C2C3)CC1. The first-order valence-corrected chi connectivity index (χ1v) is 10.2. The van der Waals surface area contributed by atoms with Crippen molar-refractivity contribution >= 4 is 22.8 Å². The van der Waals surface area contributed by atoms with Crippen LogP contribution in [0, 0.1) is 17.2 Å². The molecule has 2 heterocycles. The Morgan fingerprint density at radius 1 is 1.29 bits per heavy atom. The second-order valence-electron chi connectivity index (χ2n) is 9.10. The molecule has 2 amide bonds. The number of fused-ring (bicyclic) bond motifs is 3. The van der Waals surface area contributed by atoms with Crippen LogP contribution in [0.15, 0.2) is 28.9 Å². The molecule has 2 saturated carbocycles. The quantitative estimate of drug-likeness (QED) is 0.851. The Balaban J connectivity index is 1.29. The average Bonchev–Trinajstić information content (AvgIpc) is 3.07. The summed E-state index contributed by atoms with van der Waals surface area (Å²) < 4.78 is 19.7. The fourth-order valence-corrected chi connectivity index (χ4v) is 4.97. The summed E-state index contributed by atoms with van der Waals surface area (Å²) in [5.41, 5.74) is 0.876. The van der Waals surface area contributed by atoms with Crippen molar-refractivity contribution in [3.8, 4) is 0 Å². The van der Waals surface area contributed by atoms with Crippen molar-refractivity contribution in [2.75, 3.05) is 6.54 Å². The van der Waals surface area contributed by atoms with E-state index >= 15 is 0 Å². The van der Waals surface area contributed by atoms with E-state index in [9.17, 15) is 14.0 Å². The van der Waals surface area contributed by atoms with E-state index in [1.54, 1.807) is 6.07 Å². The van der Waals surface area contributed by atoms with Crippen molar-refractivity contribution in [1.82, 2.24) is 10.2 Å². The summed E-state index contributed by atoms with van der Waals surface area (Å²) in [5, 5.41) is 3.48. The number of hydrogen-bond acceptors (Lipinski definition) is 3. The fraction of sp³-hybridized carbons (Fsp3) is 0.545. The molecule has 1 aromatic carbocycles. The lowest BCUT2D eigenvalue weighted by atomic mass is 10.0. The maximum atomic E-state index is 14.4. The third kappa shape index (κ3) is 2.99. The van der Waals surface area contributed by atoms with Gasteiger partial charge in [0.05, 0.1) is 17.9 Å². The largest absolute Gasteiger partial charge is 0.464 e. The molecule has 148 valence electrons. The fourth-order valence-electron chi connectivity index (χ4n) is 4.97. The minimum absolute atomic E-state index is 0.0218. The predicted molar refractivity (Wildman–Crippen MR) is 102 cm³/mol. The zero-order valence-electron chi connectivity index (χ0n) is 16.0. The predicted octanol–water partition coefficient (Wildman–Crippen LogP) is 3.87. The lowest BCUT2D eigenvalue weighted by Gasteiger charge is -2.34. The van der Waals surface area contributed by atoms with E-state index in [2.05, 4.69) is 12.2 Å². The van der Waals surface area contributed by atoms with Crippen LogP contribution in [-0.2, 0) is 4.79 Å². The third-order valence-corrected chi connectivity index (χ3v) is 6.98. The number of carbonyl (C=O) groups excluding carboxylic acids is 2. The van der Waals surface area contributed by atoms with Gasteiger partial charge in [-0.1, -0.05) is 6.92 Å². The number of halogens is 1. The van der Waals surface area contributed by atoms with Gasteiger partial charge in [-0.05, 0) is 61.6 Å². The molecule has 3 unspecified atom stereocenters. The highest BCUT2D eigenvalue weighted by molar-refractivity contribution is 6.06. The zero-order valence-corrected chi connectivity index (χ0v) is 16.0. The van der Waals surface area contributed by atoms with Crippen molar-refractivity contribution in [1.29, 1.82) is 0 Å². The van der Waals surface area contributed by atoms with Crippen LogP contribution in [0.4, 0.5) is 4.39 Å². The van der Waals surface area contributed by atoms with Crippen molar-refractivity contribution in [2.24, 2.45) is 11.3 Å². The first-order chi connectivity index (χ1) is 13.4. The second-order valence-corrected chi connectivity index (χ2v) is 9.10. The molecule has 5 nitrogen and oxygen atoms in total. The van der Waals surface area contributed by atoms with E-state index in [1.807, 2.05) is 4.90 Å². The van der Waals surface area contributed by atoms with Gasteiger partial charge in [0.15, 0.2) is 0 Å². The van der Waals surface area contributed by atoms with Gasteiger partial charge < -0.3 is 14.6 Å².